The lowest BCUT2D eigenvalue weighted by Gasteiger charge is -2.26. The van der Waals surface area contributed by atoms with Crippen molar-refractivity contribution in [2.75, 3.05) is 0 Å². The van der Waals surface area contributed by atoms with Crippen LogP contribution >= 0.6 is 0 Å². The fourth-order valence-electron chi connectivity index (χ4n) is 3.26. The van der Waals surface area contributed by atoms with Gasteiger partial charge in [0.05, 0.1) is 11.8 Å². The first-order valence-electron chi connectivity index (χ1n) is 7.80. The molecule has 0 spiro atoms. The van der Waals surface area contributed by atoms with E-state index in [-0.39, 0.29) is 0 Å². The lowest BCUT2D eigenvalue weighted by molar-refractivity contribution is 0.0190. The second kappa shape index (κ2) is 6.08. The lowest BCUT2D eigenvalue weighted by Crippen LogP contribution is -2.24. The lowest BCUT2D eigenvalue weighted by atomic mass is 9.86. The molecule has 1 aromatic rings. The summed E-state index contributed by atoms with van der Waals surface area (Å²) in [4.78, 5) is 0. The van der Waals surface area contributed by atoms with Crippen molar-refractivity contribution >= 4 is 0 Å². The Morgan fingerprint density at radius 2 is 2.21 bits per heavy atom. The molecule has 1 N–H and O–H groups in total. The van der Waals surface area contributed by atoms with Crippen LogP contribution in [0.3, 0.4) is 0 Å². The third-order valence-corrected chi connectivity index (χ3v) is 4.66. The van der Waals surface area contributed by atoms with E-state index in [9.17, 15) is 5.11 Å². The topological polar surface area (TPSA) is 38.0 Å². The molecule has 0 radical (unpaired) electrons. The Labute approximate surface area is 117 Å². The van der Waals surface area contributed by atoms with E-state index in [0.29, 0.717) is 0 Å². The van der Waals surface area contributed by atoms with Crippen molar-refractivity contribution in [3.05, 3.63) is 18.0 Å². The van der Waals surface area contributed by atoms with Crippen LogP contribution in [0.2, 0.25) is 0 Å². The van der Waals surface area contributed by atoms with Crippen LogP contribution < -0.4 is 0 Å². The normalized spacial score (nSPS) is 28.6. The molecule has 0 saturated heterocycles. The van der Waals surface area contributed by atoms with Gasteiger partial charge in [-0.1, -0.05) is 27.2 Å². The maximum absolute atomic E-state index is 11.0. The van der Waals surface area contributed by atoms with Crippen LogP contribution in [0.1, 0.15) is 64.9 Å². The molecule has 2 atom stereocenters. The van der Waals surface area contributed by atoms with Crippen molar-refractivity contribution in [1.82, 2.24) is 9.78 Å². The number of hydrogen-bond donors (Lipinski definition) is 1. The molecule has 1 aliphatic carbocycles. The van der Waals surface area contributed by atoms with Crippen LogP contribution in [-0.2, 0) is 12.1 Å². The predicted molar refractivity (Wildman–Crippen MR) is 77.8 cm³/mol. The molecular weight excluding hydrogens is 236 g/mol. The van der Waals surface area contributed by atoms with E-state index in [1.807, 2.05) is 17.1 Å². The Morgan fingerprint density at radius 3 is 2.89 bits per heavy atom. The van der Waals surface area contributed by atoms with Gasteiger partial charge >= 0.3 is 0 Å². The number of aliphatic hydroxyl groups is 1. The van der Waals surface area contributed by atoms with Gasteiger partial charge in [-0.05, 0) is 43.9 Å². The van der Waals surface area contributed by atoms with Gasteiger partial charge in [0.15, 0.2) is 0 Å². The maximum atomic E-state index is 11.0. The molecular formula is C16H28N2O. The Bertz CT molecular complexity index is 399. The molecule has 19 heavy (non-hydrogen) atoms. The van der Waals surface area contributed by atoms with E-state index in [2.05, 4.69) is 25.9 Å². The number of aryl methyl sites for hydroxylation is 1. The molecule has 1 saturated carbocycles. The van der Waals surface area contributed by atoms with Gasteiger partial charge in [0.2, 0.25) is 0 Å². The van der Waals surface area contributed by atoms with E-state index < -0.39 is 5.60 Å². The van der Waals surface area contributed by atoms with Crippen molar-refractivity contribution in [3.8, 4) is 0 Å². The molecule has 1 aromatic heterocycles. The third-order valence-electron chi connectivity index (χ3n) is 4.66. The SMILES string of the molecule is CCCn1cc(C2(O)CCCC(C(C)C)CC2)cn1. The molecule has 3 heteroatoms. The van der Waals surface area contributed by atoms with Gasteiger partial charge < -0.3 is 5.11 Å². The zero-order chi connectivity index (χ0) is 13.9. The minimum Gasteiger partial charge on any atom is -0.385 e. The highest BCUT2D eigenvalue weighted by atomic mass is 16.3. The van der Waals surface area contributed by atoms with Crippen molar-refractivity contribution in [3.63, 3.8) is 0 Å². The fraction of sp³-hybridized carbons (Fsp3) is 0.812. The zero-order valence-corrected chi connectivity index (χ0v) is 12.6. The second-order valence-corrected chi connectivity index (χ2v) is 6.46. The minimum absolute atomic E-state index is 0.643. The first-order valence-corrected chi connectivity index (χ1v) is 7.80. The van der Waals surface area contributed by atoms with Crippen molar-refractivity contribution < 1.29 is 5.11 Å². The molecule has 0 amide bonds. The van der Waals surface area contributed by atoms with Gasteiger partial charge in [0, 0.05) is 18.3 Å². The summed E-state index contributed by atoms with van der Waals surface area (Å²) < 4.78 is 1.96. The summed E-state index contributed by atoms with van der Waals surface area (Å²) in [7, 11) is 0. The molecule has 0 bridgehead atoms. The second-order valence-electron chi connectivity index (χ2n) is 6.46. The third kappa shape index (κ3) is 3.38. The van der Waals surface area contributed by atoms with Crippen LogP contribution in [-0.4, -0.2) is 14.9 Å². The average molecular weight is 264 g/mol. The number of aromatic nitrogens is 2. The molecule has 2 rings (SSSR count). The Kier molecular flexibility index (Phi) is 4.67. The molecule has 3 nitrogen and oxygen atoms in total. The van der Waals surface area contributed by atoms with Crippen LogP contribution in [0.15, 0.2) is 12.4 Å². The monoisotopic (exact) mass is 264 g/mol. The molecule has 1 fully saturated rings. The highest BCUT2D eigenvalue weighted by molar-refractivity contribution is 5.15. The maximum Gasteiger partial charge on any atom is 0.0927 e. The van der Waals surface area contributed by atoms with E-state index in [1.54, 1.807) is 0 Å². The van der Waals surface area contributed by atoms with Crippen LogP contribution in [0.4, 0.5) is 0 Å². The molecule has 0 aromatic carbocycles. The van der Waals surface area contributed by atoms with E-state index >= 15 is 0 Å². The summed E-state index contributed by atoms with van der Waals surface area (Å²) in [6, 6.07) is 0. The number of hydrogen-bond acceptors (Lipinski definition) is 2. The molecule has 1 heterocycles. The fourth-order valence-corrected chi connectivity index (χ4v) is 3.26. The standard InChI is InChI=1S/C16H28N2O/c1-4-10-18-12-15(11-17-18)16(19)8-5-6-14(7-9-16)13(2)3/h11-14,19H,4-10H2,1-3H3. The van der Waals surface area contributed by atoms with Gasteiger partial charge in [0.25, 0.3) is 0 Å². The van der Waals surface area contributed by atoms with Gasteiger partial charge in [-0.2, -0.15) is 5.10 Å². The Balaban J connectivity index is 2.08. The van der Waals surface area contributed by atoms with Gasteiger partial charge in [0.1, 0.15) is 0 Å². The molecule has 2 unspecified atom stereocenters. The first-order chi connectivity index (χ1) is 9.05. The summed E-state index contributed by atoms with van der Waals surface area (Å²) in [5.74, 6) is 1.49. The number of nitrogens with zero attached hydrogens (tertiary/aromatic N) is 2. The summed E-state index contributed by atoms with van der Waals surface area (Å²) in [5.41, 5.74) is 0.376. The average Bonchev–Trinajstić information content (AvgIpc) is 2.73. The smallest absolute Gasteiger partial charge is 0.0927 e. The highest BCUT2D eigenvalue weighted by Gasteiger charge is 2.34. The van der Waals surface area contributed by atoms with Crippen LogP contribution in [0.5, 0.6) is 0 Å². The van der Waals surface area contributed by atoms with Crippen LogP contribution in [0, 0.1) is 11.8 Å². The summed E-state index contributed by atoms with van der Waals surface area (Å²) in [6.45, 7) is 7.68. The summed E-state index contributed by atoms with van der Waals surface area (Å²) in [5, 5.41) is 15.3. The molecule has 1 aliphatic rings. The van der Waals surface area contributed by atoms with Crippen LogP contribution in [0.25, 0.3) is 0 Å². The summed E-state index contributed by atoms with van der Waals surface area (Å²) in [6.07, 6.45) is 10.3. The molecule has 108 valence electrons. The first kappa shape index (κ1) is 14.6. The van der Waals surface area contributed by atoms with Gasteiger partial charge in [-0.15, -0.1) is 0 Å². The largest absolute Gasteiger partial charge is 0.385 e. The van der Waals surface area contributed by atoms with Crippen molar-refractivity contribution in [2.45, 2.75) is 71.4 Å². The Morgan fingerprint density at radius 1 is 1.42 bits per heavy atom. The predicted octanol–water partition coefficient (Wildman–Crippen LogP) is 3.72. The number of rotatable bonds is 4. The van der Waals surface area contributed by atoms with Crippen molar-refractivity contribution in [2.24, 2.45) is 11.8 Å². The summed E-state index contributed by atoms with van der Waals surface area (Å²) >= 11 is 0. The highest BCUT2D eigenvalue weighted by Crippen LogP contribution is 2.39. The molecule has 0 aliphatic heterocycles. The van der Waals surface area contributed by atoms with Gasteiger partial charge in [-0.3, -0.25) is 4.68 Å². The van der Waals surface area contributed by atoms with E-state index in [0.717, 1.165) is 56.0 Å². The quantitative estimate of drug-likeness (QED) is 0.842. The van der Waals surface area contributed by atoms with E-state index in [4.69, 9.17) is 0 Å². The van der Waals surface area contributed by atoms with Crippen molar-refractivity contribution in [1.29, 1.82) is 0 Å². The van der Waals surface area contributed by atoms with E-state index in [1.165, 1.54) is 6.42 Å². The minimum atomic E-state index is -0.643. The Hall–Kier alpha value is -0.830. The van der Waals surface area contributed by atoms with Gasteiger partial charge in [-0.25, -0.2) is 0 Å². The zero-order valence-electron chi connectivity index (χ0n) is 12.6.